The number of rotatable bonds is 0. The summed E-state index contributed by atoms with van der Waals surface area (Å²) in [6, 6.07) is -0.351. The Morgan fingerprint density at radius 2 is 1.60 bits per heavy atom. The van der Waals surface area contributed by atoms with Gasteiger partial charge in [-0.3, -0.25) is 0 Å². The molecule has 1 fully saturated rings. The first-order valence-electron chi connectivity index (χ1n) is 3.08. The first-order valence-corrected chi connectivity index (χ1v) is 3.08. The van der Waals surface area contributed by atoms with E-state index >= 15 is 0 Å². The van der Waals surface area contributed by atoms with Gasteiger partial charge in [-0.15, -0.1) is 0 Å². The Labute approximate surface area is 58.0 Å². The van der Waals surface area contributed by atoms with E-state index in [1.165, 1.54) is 0 Å². The molecule has 1 aliphatic heterocycles. The van der Waals surface area contributed by atoms with Gasteiger partial charge in [-0.05, 0) is 0 Å². The summed E-state index contributed by atoms with van der Waals surface area (Å²) in [5.74, 6) is 0. The standard InChI is InChI=1S/C5H10N2O3/c8-3-1-6-5(10)7-2-4(3)9/h3-4,8-9H,1-2H2,(H2,6,7,10). The van der Waals surface area contributed by atoms with Crippen LogP contribution < -0.4 is 10.6 Å². The molecule has 2 amide bonds. The van der Waals surface area contributed by atoms with E-state index in [9.17, 15) is 4.79 Å². The number of urea groups is 1. The highest BCUT2D eigenvalue weighted by Gasteiger charge is 2.20. The average molecular weight is 146 g/mol. The fourth-order valence-electron chi connectivity index (χ4n) is 0.729. The molecule has 0 spiro atoms. The van der Waals surface area contributed by atoms with Crippen molar-refractivity contribution in [1.82, 2.24) is 10.6 Å². The van der Waals surface area contributed by atoms with Gasteiger partial charge in [0.05, 0.1) is 12.2 Å². The first-order chi connectivity index (χ1) is 4.70. The molecule has 5 nitrogen and oxygen atoms in total. The molecule has 0 aromatic rings. The first kappa shape index (κ1) is 7.30. The van der Waals surface area contributed by atoms with E-state index in [4.69, 9.17) is 10.2 Å². The van der Waals surface area contributed by atoms with Crippen LogP contribution in [0.3, 0.4) is 0 Å². The zero-order valence-corrected chi connectivity index (χ0v) is 5.37. The second-order valence-corrected chi connectivity index (χ2v) is 2.23. The molecular formula is C5H10N2O3. The lowest BCUT2D eigenvalue weighted by Gasteiger charge is -2.11. The predicted octanol–water partition coefficient (Wildman–Crippen LogP) is -1.98. The summed E-state index contributed by atoms with van der Waals surface area (Å²) in [6.45, 7) is 0.208. The zero-order valence-electron chi connectivity index (χ0n) is 5.37. The molecule has 4 N–H and O–H groups in total. The van der Waals surface area contributed by atoms with Gasteiger partial charge in [0, 0.05) is 13.1 Å². The van der Waals surface area contributed by atoms with Gasteiger partial charge in [0.15, 0.2) is 0 Å². The Morgan fingerprint density at radius 1 is 1.20 bits per heavy atom. The fraction of sp³-hybridized carbons (Fsp3) is 0.800. The Bertz CT molecular complexity index is 125. The van der Waals surface area contributed by atoms with Crippen LogP contribution in [0.2, 0.25) is 0 Å². The third kappa shape index (κ3) is 1.58. The minimum absolute atomic E-state index is 0.104. The number of hydrogen-bond donors (Lipinski definition) is 4. The van der Waals surface area contributed by atoms with Crippen molar-refractivity contribution in [2.24, 2.45) is 0 Å². The Kier molecular flexibility index (Phi) is 2.08. The van der Waals surface area contributed by atoms with Gasteiger partial charge in [-0.25, -0.2) is 4.79 Å². The normalized spacial score (nSPS) is 34.0. The summed E-state index contributed by atoms with van der Waals surface area (Å²) in [5.41, 5.74) is 0. The monoisotopic (exact) mass is 146 g/mol. The minimum atomic E-state index is -0.862. The summed E-state index contributed by atoms with van der Waals surface area (Å²) < 4.78 is 0. The van der Waals surface area contributed by atoms with E-state index in [0.717, 1.165) is 0 Å². The number of nitrogens with one attached hydrogen (secondary N) is 2. The fourth-order valence-corrected chi connectivity index (χ4v) is 0.729. The predicted molar refractivity (Wildman–Crippen MR) is 33.4 cm³/mol. The Morgan fingerprint density at radius 3 is 2.00 bits per heavy atom. The van der Waals surface area contributed by atoms with Crippen LogP contribution in [-0.2, 0) is 0 Å². The van der Waals surface area contributed by atoms with E-state index < -0.39 is 12.2 Å². The SMILES string of the molecule is O=C1NCC(O)C(O)CN1. The summed E-state index contributed by atoms with van der Waals surface area (Å²) in [5, 5.41) is 22.7. The third-order valence-corrected chi connectivity index (χ3v) is 1.39. The lowest BCUT2D eigenvalue weighted by atomic mass is 10.2. The van der Waals surface area contributed by atoms with Crippen LogP contribution >= 0.6 is 0 Å². The molecule has 1 rings (SSSR count). The molecule has 2 unspecified atom stereocenters. The molecule has 0 saturated carbocycles. The third-order valence-electron chi connectivity index (χ3n) is 1.39. The Balaban J connectivity index is 2.46. The molecule has 1 saturated heterocycles. The summed E-state index contributed by atoms with van der Waals surface area (Å²) in [6.07, 6.45) is -1.72. The van der Waals surface area contributed by atoms with Gasteiger partial charge in [0.2, 0.25) is 0 Å². The highest BCUT2D eigenvalue weighted by molar-refractivity contribution is 5.74. The maximum Gasteiger partial charge on any atom is 0.314 e. The number of aliphatic hydroxyl groups is 2. The second kappa shape index (κ2) is 2.85. The quantitative estimate of drug-likeness (QED) is 0.320. The van der Waals surface area contributed by atoms with E-state index in [-0.39, 0.29) is 19.1 Å². The zero-order chi connectivity index (χ0) is 7.56. The van der Waals surface area contributed by atoms with E-state index in [2.05, 4.69) is 10.6 Å². The molecule has 5 heteroatoms. The number of β-amino-alcohol motifs (C(OH)–C–C–N with tert-alkyl or cyclic N) is 2. The van der Waals surface area contributed by atoms with Crippen molar-refractivity contribution in [1.29, 1.82) is 0 Å². The molecule has 10 heavy (non-hydrogen) atoms. The molecule has 1 heterocycles. The lowest BCUT2D eigenvalue weighted by Crippen LogP contribution is -2.34. The van der Waals surface area contributed by atoms with Crippen LogP contribution in [0, 0.1) is 0 Å². The number of carbonyl (C=O) groups is 1. The van der Waals surface area contributed by atoms with E-state index in [1.54, 1.807) is 0 Å². The van der Waals surface area contributed by atoms with Gasteiger partial charge in [-0.1, -0.05) is 0 Å². The molecule has 0 radical (unpaired) electrons. The maximum atomic E-state index is 10.5. The number of amides is 2. The summed E-state index contributed by atoms with van der Waals surface area (Å²) in [7, 11) is 0. The van der Waals surface area contributed by atoms with Crippen LogP contribution in [-0.4, -0.2) is 41.5 Å². The molecule has 58 valence electrons. The number of carbonyl (C=O) groups excluding carboxylic acids is 1. The van der Waals surface area contributed by atoms with Gasteiger partial charge in [0.1, 0.15) is 0 Å². The van der Waals surface area contributed by atoms with Gasteiger partial charge < -0.3 is 20.8 Å². The largest absolute Gasteiger partial charge is 0.389 e. The number of hydrogen-bond acceptors (Lipinski definition) is 3. The molecule has 0 aromatic heterocycles. The van der Waals surface area contributed by atoms with E-state index in [0.29, 0.717) is 0 Å². The number of aliphatic hydroxyl groups excluding tert-OH is 2. The topological polar surface area (TPSA) is 81.6 Å². The van der Waals surface area contributed by atoms with Crippen molar-refractivity contribution in [2.75, 3.05) is 13.1 Å². The van der Waals surface area contributed by atoms with Gasteiger partial charge in [-0.2, -0.15) is 0 Å². The van der Waals surface area contributed by atoms with Crippen LogP contribution in [0.1, 0.15) is 0 Å². The lowest BCUT2D eigenvalue weighted by molar-refractivity contribution is 0.0299. The molecule has 1 aliphatic rings. The Hall–Kier alpha value is -0.810. The highest BCUT2D eigenvalue weighted by Crippen LogP contribution is 1.93. The molecule has 0 aromatic carbocycles. The summed E-state index contributed by atoms with van der Waals surface area (Å²) >= 11 is 0. The van der Waals surface area contributed by atoms with Crippen molar-refractivity contribution in [3.63, 3.8) is 0 Å². The van der Waals surface area contributed by atoms with Crippen molar-refractivity contribution in [2.45, 2.75) is 12.2 Å². The molecule has 0 bridgehead atoms. The average Bonchev–Trinajstić information content (AvgIpc) is 2.04. The minimum Gasteiger partial charge on any atom is -0.389 e. The molecule has 2 atom stereocenters. The van der Waals surface area contributed by atoms with Gasteiger partial charge >= 0.3 is 6.03 Å². The van der Waals surface area contributed by atoms with E-state index in [1.807, 2.05) is 0 Å². The maximum absolute atomic E-state index is 10.5. The van der Waals surface area contributed by atoms with Crippen LogP contribution in [0.5, 0.6) is 0 Å². The second-order valence-electron chi connectivity index (χ2n) is 2.23. The van der Waals surface area contributed by atoms with Crippen LogP contribution in [0.4, 0.5) is 4.79 Å². The molecule has 0 aliphatic carbocycles. The van der Waals surface area contributed by atoms with Gasteiger partial charge in [0.25, 0.3) is 0 Å². The van der Waals surface area contributed by atoms with Crippen molar-refractivity contribution in [3.05, 3.63) is 0 Å². The summed E-state index contributed by atoms with van der Waals surface area (Å²) in [4.78, 5) is 10.5. The van der Waals surface area contributed by atoms with Crippen LogP contribution in [0.15, 0.2) is 0 Å². The van der Waals surface area contributed by atoms with Crippen LogP contribution in [0.25, 0.3) is 0 Å². The highest BCUT2D eigenvalue weighted by atomic mass is 16.3. The van der Waals surface area contributed by atoms with Crippen molar-refractivity contribution < 1.29 is 15.0 Å². The van der Waals surface area contributed by atoms with Crippen molar-refractivity contribution in [3.8, 4) is 0 Å². The smallest absolute Gasteiger partial charge is 0.314 e. The van der Waals surface area contributed by atoms with Crippen molar-refractivity contribution >= 4 is 6.03 Å². The molecular weight excluding hydrogens is 136 g/mol.